The van der Waals surface area contributed by atoms with Crippen LogP contribution in [0.5, 0.6) is 0 Å². The maximum absolute atomic E-state index is 6.41. The lowest BCUT2D eigenvalue weighted by Gasteiger charge is -2.42. The summed E-state index contributed by atoms with van der Waals surface area (Å²) in [6, 6.07) is 0. The number of nitrogens with two attached hydrogens (primary N) is 1. The normalized spacial score (nSPS) is 35.8. The number of hydrogen-bond acceptors (Lipinski definition) is 9. The molecule has 3 aliphatic rings. The van der Waals surface area contributed by atoms with Gasteiger partial charge in [-0.1, -0.05) is 11.6 Å². The first-order chi connectivity index (χ1) is 13.6. The molecule has 5 heterocycles. The topological polar surface area (TPSA) is 116 Å². The quantitative estimate of drug-likeness (QED) is 0.685. The molecule has 0 spiro atoms. The minimum atomic E-state index is -0.734. The molecule has 2 unspecified atom stereocenters. The summed E-state index contributed by atoms with van der Waals surface area (Å²) >= 11 is 6.18. The van der Waals surface area contributed by atoms with Crippen LogP contribution in [0.1, 0.15) is 40.3 Å². The third-order valence-corrected chi connectivity index (χ3v) is 5.66. The van der Waals surface area contributed by atoms with Gasteiger partial charge in [0.25, 0.3) is 0 Å². The van der Waals surface area contributed by atoms with Crippen molar-refractivity contribution in [2.45, 2.75) is 76.3 Å². The molecule has 2 N–H and O–H groups in total. The lowest BCUT2D eigenvalue weighted by Crippen LogP contribution is -2.55. The summed E-state index contributed by atoms with van der Waals surface area (Å²) in [5, 5.41) is 0.197. The van der Waals surface area contributed by atoms with Crippen molar-refractivity contribution in [3.8, 4) is 0 Å². The molecule has 0 bridgehead atoms. The Morgan fingerprint density at radius 3 is 2.59 bits per heavy atom. The van der Waals surface area contributed by atoms with Gasteiger partial charge in [-0.3, -0.25) is 4.57 Å². The van der Waals surface area contributed by atoms with E-state index in [9.17, 15) is 0 Å². The van der Waals surface area contributed by atoms with Crippen molar-refractivity contribution in [3.05, 3.63) is 11.5 Å². The number of aromatic nitrogens is 4. The molecule has 0 saturated carbocycles. The molecule has 0 aliphatic carbocycles. The van der Waals surface area contributed by atoms with E-state index in [1.165, 1.54) is 0 Å². The fraction of sp³-hybridized carbons (Fsp3) is 0.722. The van der Waals surface area contributed by atoms with Crippen molar-refractivity contribution in [2.75, 3.05) is 12.3 Å². The lowest BCUT2D eigenvalue weighted by molar-refractivity contribution is -0.331. The summed E-state index contributed by atoms with van der Waals surface area (Å²) in [6.45, 7) is 7.93. The number of hydrogen-bond donors (Lipinski definition) is 1. The van der Waals surface area contributed by atoms with Crippen LogP contribution in [0.15, 0.2) is 6.33 Å². The average molecular weight is 426 g/mol. The van der Waals surface area contributed by atoms with Gasteiger partial charge in [0.2, 0.25) is 5.95 Å². The lowest BCUT2D eigenvalue weighted by atomic mass is 10.0. The van der Waals surface area contributed by atoms with Gasteiger partial charge < -0.3 is 29.4 Å². The van der Waals surface area contributed by atoms with Crippen LogP contribution in [0.3, 0.4) is 0 Å². The molecule has 5 rings (SSSR count). The molecule has 11 heteroatoms. The molecular formula is C18H24ClN5O5. The molecular weight excluding hydrogens is 402 g/mol. The summed E-state index contributed by atoms with van der Waals surface area (Å²) < 4.78 is 32.7. The SMILES string of the molecule is CC1(C)OCC2O[C@@H](n3cnc4c(Cl)nc(N)nc43)C[C@H]3OC(C)(C)OC3[C@@H]2O1. The van der Waals surface area contributed by atoms with Gasteiger partial charge in [-0.25, -0.2) is 4.98 Å². The van der Waals surface area contributed by atoms with E-state index in [0.29, 0.717) is 24.2 Å². The molecule has 2 aromatic rings. The maximum Gasteiger partial charge on any atom is 0.223 e. The highest BCUT2D eigenvalue weighted by atomic mass is 35.5. The van der Waals surface area contributed by atoms with Crippen LogP contribution in [0.2, 0.25) is 5.15 Å². The second kappa shape index (κ2) is 6.47. The average Bonchev–Trinajstić information content (AvgIpc) is 3.12. The molecule has 3 saturated heterocycles. The fourth-order valence-corrected chi connectivity index (χ4v) is 4.50. The van der Waals surface area contributed by atoms with Gasteiger partial charge in [-0.2, -0.15) is 9.97 Å². The van der Waals surface area contributed by atoms with Crippen LogP contribution >= 0.6 is 11.6 Å². The molecule has 0 amide bonds. The molecule has 2 aromatic heterocycles. The summed E-state index contributed by atoms with van der Waals surface area (Å²) in [5.41, 5.74) is 6.76. The third kappa shape index (κ3) is 3.37. The van der Waals surface area contributed by atoms with Gasteiger partial charge in [0.05, 0.1) is 19.0 Å². The Kier molecular flexibility index (Phi) is 4.33. The van der Waals surface area contributed by atoms with Crippen molar-refractivity contribution in [1.29, 1.82) is 0 Å². The Balaban J connectivity index is 1.55. The number of nitrogens with zero attached hydrogens (tertiary/aromatic N) is 4. The minimum Gasteiger partial charge on any atom is -0.368 e. The first-order valence-corrected chi connectivity index (χ1v) is 9.98. The van der Waals surface area contributed by atoms with Crippen molar-refractivity contribution < 1.29 is 23.7 Å². The number of rotatable bonds is 1. The highest BCUT2D eigenvalue weighted by Gasteiger charge is 2.55. The molecule has 29 heavy (non-hydrogen) atoms. The number of anilines is 1. The largest absolute Gasteiger partial charge is 0.368 e. The Bertz CT molecular complexity index is 950. The molecule has 3 fully saturated rings. The van der Waals surface area contributed by atoms with E-state index in [-0.39, 0.29) is 35.5 Å². The highest BCUT2D eigenvalue weighted by Crippen LogP contribution is 2.43. The van der Waals surface area contributed by atoms with E-state index in [1.807, 2.05) is 27.7 Å². The van der Waals surface area contributed by atoms with Crippen LogP contribution in [0.25, 0.3) is 11.2 Å². The summed E-state index contributed by atoms with van der Waals surface area (Å²) in [5.74, 6) is -1.39. The summed E-state index contributed by atoms with van der Waals surface area (Å²) in [4.78, 5) is 12.6. The first kappa shape index (κ1) is 19.4. The van der Waals surface area contributed by atoms with E-state index in [0.717, 1.165) is 0 Å². The Morgan fingerprint density at radius 2 is 1.79 bits per heavy atom. The predicted molar refractivity (Wildman–Crippen MR) is 102 cm³/mol. The summed E-state index contributed by atoms with van der Waals surface area (Å²) in [6.07, 6.45) is 0.463. The monoisotopic (exact) mass is 425 g/mol. The van der Waals surface area contributed by atoms with Crippen molar-refractivity contribution in [1.82, 2.24) is 19.5 Å². The van der Waals surface area contributed by atoms with E-state index in [1.54, 1.807) is 10.9 Å². The molecule has 0 radical (unpaired) electrons. The van der Waals surface area contributed by atoms with Gasteiger partial charge in [0.15, 0.2) is 22.4 Å². The minimum absolute atomic E-state index is 0.0706. The molecule has 158 valence electrons. The van der Waals surface area contributed by atoms with Crippen LogP contribution in [-0.4, -0.2) is 62.1 Å². The molecule has 3 aliphatic heterocycles. The third-order valence-electron chi connectivity index (χ3n) is 5.40. The number of ether oxygens (including phenoxy) is 5. The zero-order valence-corrected chi connectivity index (χ0v) is 17.4. The Hall–Kier alpha value is -1.56. The van der Waals surface area contributed by atoms with Gasteiger partial charge in [-0.05, 0) is 27.7 Å². The van der Waals surface area contributed by atoms with Gasteiger partial charge in [0, 0.05) is 6.42 Å². The van der Waals surface area contributed by atoms with E-state index in [2.05, 4.69) is 15.0 Å². The first-order valence-electron chi connectivity index (χ1n) is 9.60. The zero-order valence-electron chi connectivity index (χ0n) is 16.7. The van der Waals surface area contributed by atoms with Gasteiger partial charge in [-0.15, -0.1) is 0 Å². The van der Waals surface area contributed by atoms with Crippen molar-refractivity contribution in [2.24, 2.45) is 0 Å². The van der Waals surface area contributed by atoms with Crippen LogP contribution in [0, 0.1) is 0 Å². The highest BCUT2D eigenvalue weighted by molar-refractivity contribution is 6.33. The van der Waals surface area contributed by atoms with Crippen molar-refractivity contribution in [3.63, 3.8) is 0 Å². The van der Waals surface area contributed by atoms with Crippen LogP contribution in [-0.2, 0) is 23.7 Å². The van der Waals surface area contributed by atoms with Gasteiger partial charge >= 0.3 is 0 Å². The zero-order chi connectivity index (χ0) is 20.6. The van der Waals surface area contributed by atoms with Gasteiger partial charge in [0.1, 0.15) is 30.1 Å². The standard InChI is InChI=1S/C18H24ClN5O5/c1-17(2)25-6-9-13(28-17)12-8(27-18(3,4)29-12)5-10(26-9)24-7-21-11-14(19)22-16(20)23-15(11)24/h7-10,12-13H,5-6H2,1-4H3,(H2,20,22,23)/t8-,9?,10-,12?,13-/m1/s1. The second-order valence-corrected chi connectivity index (χ2v) is 8.85. The van der Waals surface area contributed by atoms with Crippen molar-refractivity contribution >= 4 is 28.7 Å². The summed E-state index contributed by atoms with van der Waals surface area (Å²) in [7, 11) is 0. The number of halogens is 1. The Morgan fingerprint density at radius 1 is 1.07 bits per heavy atom. The van der Waals surface area contributed by atoms with Crippen LogP contribution < -0.4 is 5.73 Å². The van der Waals surface area contributed by atoms with E-state index >= 15 is 0 Å². The van der Waals surface area contributed by atoms with Crippen LogP contribution in [0.4, 0.5) is 5.95 Å². The number of nitrogen functional groups attached to an aromatic ring is 1. The molecule has 0 aromatic carbocycles. The number of imidazole rings is 1. The van der Waals surface area contributed by atoms with E-state index < -0.39 is 17.8 Å². The maximum atomic E-state index is 6.41. The molecule has 10 nitrogen and oxygen atoms in total. The van der Waals surface area contributed by atoms with E-state index in [4.69, 9.17) is 41.0 Å². The number of fused-ring (bicyclic) bond motifs is 4. The fourth-order valence-electron chi connectivity index (χ4n) is 4.28. The predicted octanol–water partition coefficient (Wildman–Crippen LogP) is 2.02. The smallest absolute Gasteiger partial charge is 0.223 e. The second-order valence-electron chi connectivity index (χ2n) is 8.49. The molecule has 5 atom stereocenters. The Labute approximate surface area is 172 Å².